The summed E-state index contributed by atoms with van der Waals surface area (Å²) in [6.45, 7) is 6.26. The van der Waals surface area contributed by atoms with Crippen molar-refractivity contribution in [3.05, 3.63) is 0 Å². The largest absolute Gasteiger partial charge is 0.353 e. The van der Waals surface area contributed by atoms with Gasteiger partial charge in [0.15, 0.2) is 0 Å². The molecule has 3 nitrogen and oxygen atoms in total. The van der Waals surface area contributed by atoms with Crippen molar-refractivity contribution < 1.29 is 4.79 Å². The van der Waals surface area contributed by atoms with Crippen molar-refractivity contribution in [2.24, 2.45) is 5.92 Å². The average Bonchev–Trinajstić information content (AvgIpc) is 2.27. The van der Waals surface area contributed by atoms with Crippen molar-refractivity contribution >= 4 is 5.91 Å². The molecule has 0 aromatic rings. The number of carbonyl (C=O) groups is 1. The van der Waals surface area contributed by atoms with Crippen molar-refractivity contribution in [3.8, 4) is 0 Å². The van der Waals surface area contributed by atoms with Gasteiger partial charge in [0.2, 0.25) is 5.91 Å². The first-order chi connectivity index (χ1) is 7.24. The van der Waals surface area contributed by atoms with E-state index in [1.54, 1.807) is 0 Å². The molecule has 0 bridgehead atoms. The van der Waals surface area contributed by atoms with E-state index in [2.05, 4.69) is 24.5 Å². The molecule has 1 heterocycles. The van der Waals surface area contributed by atoms with E-state index in [-0.39, 0.29) is 11.8 Å². The number of nitrogens with one attached hydrogen (secondary N) is 2. The molecular formula is C12H24N2O. The summed E-state index contributed by atoms with van der Waals surface area (Å²) < 4.78 is 0. The van der Waals surface area contributed by atoms with Crippen LogP contribution in [0.2, 0.25) is 0 Å². The number of rotatable bonds is 5. The lowest BCUT2D eigenvalue weighted by molar-refractivity contribution is -0.126. The van der Waals surface area contributed by atoms with Crippen molar-refractivity contribution in [3.63, 3.8) is 0 Å². The van der Waals surface area contributed by atoms with Gasteiger partial charge in [-0.2, -0.15) is 0 Å². The molecule has 0 aromatic heterocycles. The topological polar surface area (TPSA) is 41.1 Å². The molecule has 1 unspecified atom stereocenters. The second-order valence-corrected chi connectivity index (χ2v) is 4.58. The van der Waals surface area contributed by atoms with E-state index < -0.39 is 0 Å². The summed E-state index contributed by atoms with van der Waals surface area (Å²) in [5.74, 6) is 0.510. The van der Waals surface area contributed by atoms with Crippen molar-refractivity contribution in [2.75, 3.05) is 13.1 Å². The minimum Gasteiger partial charge on any atom is -0.353 e. The van der Waals surface area contributed by atoms with Crippen LogP contribution in [0.4, 0.5) is 0 Å². The Morgan fingerprint density at radius 1 is 1.47 bits per heavy atom. The summed E-state index contributed by atoms with van der Waals surface area (Å²) >= 11 is 0. The summed E-state index contributed by atoms with van der Waals surface area (Å²) in [5.41, 5.74) is 0. The van der Waals surface area contributed by atoms with Gasteiger partial charge in [0, 0.05) is 12.0 Å². The maximum absolute atomic E-state index is 11.8. The number of hydrogen-bond donors (Lipinski definition) is 2. The van der Waals surface area contributed by atoms with Gasteiger partial charge in [-0.3, -0.25) is 4.79 Å². The van der Waals surface area contributed by atoms with Crippen molar-refractivity contribution in [2.45, 2.75) is 52.0 Å². The van der Waals surface area contributed by atoms with Crippen LogP contribution in [-0.4, -0.2) is 25.0 Å². The predicted molar refractivity (Wildman–Crippen MR) is 62.7 cm³/mol. The molecule has 0 saturated carbocycles. The second kappa shape index (κ2) is 6.83. The maximum atomic E-state index is 11.8. The molecule has 0 aliphatic carbocycles. The standard InChI is InChI=1S/C12H24N2O/c1-3-4-5-10(2)14-12(15)11-6-8-13-9-7-11/h10-11,13H,3-9H2,1-2H3,(H,14,15). The van der Waals surface area contributed by atoms with Gasteiger partial charge in [-0.25, -0.2) is 0 Å². The second-order valence-electron chi connectivity index (χ2n) is 4.58. The Morgan fingerprint density at radius 3 is 2.73 bits per heavy atom. The van der Waals surface area contributed by atoms with Gasteiger partial charge in [-0.05, 0) is 39.3 Å². The predicted octanol–water partition coefficient (Wildman–Crippen LogP) is 1.68. The highest BCUT2D eigenvalue weighted by atomic mass is 16.1. The first-order valence-electron chi connectivity index (χ1n) is 6.25. The monoisotopic (exact) mass is 212 g/mol. The summed E-state index contributed by atoms with van der Waals surface area (Å²) in [7, 11) is 0. The van der Waals surface area contributed by atoms with Crippen LogP contribution in [0.5, 0.6) is 0 Å². The third-order valence-corrected chi connectivity index (χ3v) is 3.09. The van der Waals surface area contributed by atoms with Gasteiger partial charge < -0.3 is 10.6 Å². The molecule has 1 aliphatic heterocycles. The fourth-order valence-electron chi connectivity index (χ4n) is 2.03. The van der Waals surface area contributed by atoms with Gasteiger partial charge in [0.05, 0.1) is 0 Å². The van der Waals surface area contributed by atoms with E-state index in [1.165, 1.54) is 12.8 Å². The van der Waals surface area contributed by atoms with Crippen LogP contribution < -0.4 is 10.6 Å². The Balaban J connectivity index is 2.21. The van der Waals surface area contributed by atoms with E-state index >= 15 is 0 Å². The SMILES string of the molecule is CCCCC(C)NC(=O)C1CCNCC1. The molecule has 0 spiro atoms. The number of piperidine rings is 1. The number of hydrogen-bond acceptors (Lipinski definition) is 2. The lowest BCUT2D eigenvalue weighted by atomic mass is 9.96. The molecule has 3 heteroatoms. The van der Waals surface area contributed by atoms with Gasteiger partial charge in [0.1, 0.15) is 0 Å². The van der Waals surface area contributed by atoms with Crippen LogP contribution in [-0.2, 0) is 4.79 Å². The van der Waals surface area contributed by atoms with E-state index in [4.69, 9.17) is 0 Å². The lowest BCUT2D eigenvalue weighted by Crippen LogP contribution is -2.41. The molecule has 1 rings (SSSR count). The van der Waals surface area contributed by atoms with Crippen LogP contribution in [0.25, 0.3) is 0 Å². The fraction of sp³-hybridized carbons (Fsp3) is 0.917. The molecule has 15 heavy (non-hydrogen) atoms. The Kier molecular flexibility index (Phi) is 5.69. The molecule has 0 radical (unpaired) electrons. The summed E-state index contributed by atoms with van der Waals surface area (Å²) in [6, 6.07) is 0.340. The maximum Gasteiger partial charge on any atom is 0.223 e. The normalized spacial score (nSPS) is 19.9. The third kappa shape index (κ3) is 4.65. The Morgan fingerprint density at radius 2 is 2.13 bits per heavy atom. The Hall–Kier alpha value is -0.570. The fourth-order valence-corrected chi connectivity index (χ4v) is 2.03. The summed E-state index contributed by atoms with van der Waals surface area (Å²) in [5, 5.41) is 6.39. The Bertz CT molecular complexity index is 188. The minimum absolute atomic E-state index is 0.246. The summed E-state index contributed by atoms with van der Waals surface area (Å²) in [4.78, 5) is 11.8. The molecule has 1 aliphatic rings. The zero-order valence-corrected chi connectivity index (χ0v) is 10.0. The number of unbranched alkanes of at least 4 members (excludes halogenated alkanes) is 1. The zero-order chi connectivity index (χ0) is 11.1. The average molecular weight is 212 g/mol. The van der Waals surface area contributed by atoms with Crippen LogP contribution in [0.1, 0.15) is 46.0 Å². The van der Waals surface area contributed by atoms with Crippen LogP contribution in [0.3, 0.4) is 0 Å². The van der Waals surface area contributed by atoms with Gasteiger partial charge in [-0.1, -0.05) is 19.8 Å². The first kappa shape index (κ1) is 12.5. The third-order valence-electron chi connectivity index (χ3n) is 3.09. The molecular weight excluding hydrogens is 188 g/mol. The van der Waals surface area contributed by atoms with Gasteiger partial charge in [0.25, 0.3) is 0 Å². The van der Waals surface area contributed by atoms with E-state index in [1.807, 2.05) is 0 Å². The number of amides is 1. The van der Waals surface area contributed by atoms with Crippen LogP contribution in [0, 0.1) is 5.92 Å². The summed E-state index contributed by atoms with van der Waals surface area (Å²) in [6.07, 6.45) is 5.49. The highest BCUT2D eigenvalue weighted by Gasteiger charge is 2.21. The lowest BCUT2D eigenvalue weighted by Gasteiger charge is -2.23. The quantitative estimate of drug-likeness (QED) is 0.728. The van der Waals surface area contributed by atoms with E-state index in [0.29, 0.717) is 6.04 Å². The minimum atomic E-state index is 0.246. The smallest absolute Gasteiger partial charge is 0.223 e. The van der Waals surface area contributed by atoms with E-state index in [0.717, 1.165) is 32.4 Å². The zero-order valence-electron chi connectivity index (χ0n) is 10.0. The molecule has 1 fully saturated rings. The molecule has 1 atom stereocenters. The van der Waals surface area contributed by atoms with Gasteiger partial charge >= 0.3 is 0 Å². The first-order valence-corrected chi connectivity index (χ1v) is 6.25. The van der Waals surface area contributed by atoms with E-state index in [9.17, 15) is 4.79 Å². The highest BCUT2D eigenvalue weighted by Crippen LogP contribution is 2.12. The molecule has 1 amide bonds. The Labute approximate surface area is 93.0 Å². The molecule has 88 valence electrons. The molecule has 0 aromatic carbocycles. The molecule has 1 saturated heterocycles. The van der Waals surface area contributed by atoms with Crippen molar-refractivity contribution in [1.82, 2.24) is 10.6 Å². The van der Waals surface area contributed by atoms with Crippen molar-refractivity contribution in [1.29, 1.82) is 0 Å². The molecule has 2 N–H and O–H groups in total. The van der Waals surface area contributed by atoms with Crippen LogP contribution >= 0.6 is 0 Å². The highest BCUT2D eigenvalue weighted by molar-refractivity contribution is 5.79. The number of carbonyl (C=O) groups excluding carboxylic acids is 1. The van der Waals surface area contributed by atoms with Gasteiger partial charge in [-0.15, -0.1) is 0 Å². The van der Waals surface area contributed by atoms with Crippen LogP contribution in [0.15, 0.2) is 0 Å².